The minimum absolute atomic E-state index is 0.0132. The van der Waals surface area contributed by atoms with Crippen LogP contribution in [0.5, 0.6) is 17.2 Å². The maximum absolute atomic E-state index is 13.5. The van der Waals surface area contributed by atoms with Gasteiger partial charge in [-0.05, 0) is 48.4 Å². The molecule has 1 aliphatic rings. The Kier molecular flexibility index (Phi) is 7.67. The Hall–Kier alpha value is -3.77. The SMILES string of the molecule is CC[C@@H](C)c1nc2ccc(Br)cc2c(=O)n1N=Cc1cc(Br)cc([N+](=O)[O-])c1OCc1ccc2c(c1)OCO2. The maximum Gasteiger partial charge on any atom is 0.312 e. The third-order valence-corrected chi connectivity index (χ3v) is 7.23. The lowest BCUT2D eigenvalue weighted by Crippen LogP contribution is -2.23. The van der Waals surface area contributed by atoms with E-state index in [1.54, 1.807) is 36.4 Å². The fourth-order valence-corrected chi connectivity index (χ4v) is 4.90. The van der Waals surface area contributed by atoms with Crippen LogP contribution in [-0.2, 0) is 6.61 Å². The zero-order valence-corrected chi connectivity index (χ0v) is 24.1. The van der Waals surface area contributed by atoms with Crippen LogP contribution in [0.4, 0.5) is 5.69 Å². The van der Waals surface area contributed by atoms with E-state index in [0.29, 0.717) is 38.3 Å². The summed E-state index contributed by atoms with van der Waals surface area (Å²) in [5.41, 5.74) is 1.02. The van der Waals surface area contributed by atoms with Crippen LogP contribution in [0.2, 0.25) is 0 Å². The third-order valence-electron chi connectivity index (χ3n) is 6.28. The summed E-state index contributed by atoms with van der Waals surface area (Å²) in [5.74, 6) is 1.64. The lowest BCUT2D eigenvalue weighted by molar-refractivity contribution is -0.386. The molecule has 5 rings (SSSR count). The van der Waals surface area contributed by atoms with Crippen molar-refractivity contribution >= 4 is 54.7 Å². The highest BCUT2D eigenvalue weighted by molar-refractivity contribution is 9.10. The Balaban J connectivity index is 1.58. The highest BCUT2D eigenvalue weighted by Crippen LogP contribution is 2.36. The van der Waals surface area contributed by atoms with Crippen LogP contribution < -0.4 is 19.8 Å². The summed E-state index contributed by atoms with van der Waals surface area (Å²) in [7, 11) is 0. The van der Waals surface area contributed by atoms with Crippen molar-refractivity contribution in [3.8, 4) is 17.2 Å². The molecule has 1 atom stereocenters. The van der Waals surface area contributed by atoms with Gasteiger partial charge in [-0.1, -0.05) is 51.8 Å². The largest absolute Gasteiger partial charge is 0.481 e. The summed E-state index contributed by atoms with van der Waals surface area (Å²) < 4.78 is 19.2. The number of benzene rings is 3. The fraction of sp³-hybridized carbons (Fsp3) is 0.222. The minimum atomic E-state index is -0.525. The van der Waals surface area contributed by atoms with Crippen LogP contribution in [0.25, 0.3) is 10.9 Å². The van der Waals surface area contributed by atoms with E-state index in [4.69, 9.17) is 19.2 Å². The van der Waals surface area contributed by atoms with Crippen molar-refractivity contribution in [1.29, 1.82) is 0 Å². The molecule has 0 saturated heterocycles. The van der Waals surface area contributed by atoms with Gasteiger partial charge in [0.25, 0.3) is 5.56 Å². The van der Waals surface area contributed by atoms with E-state index in [1.807, 2.05) is 19.9 Å². The third kappa shape index (κ3) is 5.52. The van der Waals surface area contributed by atoms with Crippen LogP contribution in [0.15, 0.2) is 67.4 Å². The average Bonchev–Trinajstić information content (AvgIpc) is 3.39. The second-order valence-electron chi connectivity index (χ2n) is 8.88. The van der Waals surface area contributed by atoms with Gasteiger partial charge in [-0.25, -0.2) is 4.98 Å². The van der Waals surface area contributed by atoms with Crippen molar-refractivity contribution in [3.05, 3.63) is 94.9 Å². The molecule has 0 aliphatic carbocycles. The molecule has 39 heavy (non-hydrogen) atoms. The molecular formula is C27H22Br2N4O6. The Bertz CT molecular complexity index is 1690. The number of fused-ring (bicyclic) bond motifs is 2. The number of rotatable bonds is 8. The van der Waals surface area contributed by atoms with Gasteiger partial charge in [0.15, 0.2) is 11.5 Å². The van der Waals surface area contributed by atoms with Crippen LogP contribution in [0.3, 0.4) is 0 Å². The van der Waals surface area contributed by atoms with Crippen LogP contribution in [0, 0.1) is 10.1 Å². The van der Waals surface area contributed by atoms with Crippen molar-refractivity contribution < 1.29 is 19.1 Å². The molecule has 0 radical (unpaired) electrons. The van der Waals surface area contributed by atoms with E-state index in [1.165, 1.54) is 17.0 Å². The number of ether oxygens (including phenoxy) is 3. The van der Waals surface area contributed by atoms with Crippen LogP contribution in [0.1, 0.15) is 43.1 Å². The number of nitrogens with zero attached hydrogens (tertiary/aromatic N) is 4. The molecule has 0 N–H and O–H groups in total. The van der Waals surface area contributed by atoms with Crippen molar-refractivity contribution in [3.63, 3.8) is 0 Å². The smallest absolute Gasteiger partial charge is 0.312 e. The number of aromatic nitrogens is 2. The summed E-state index contributed by atoms with van der Waals surface area (Å²) in [4.78, 5) is 29.6. The van der Waals surface area contributed by atoms with E-state index in [-0.39, 0.29) is 36.3 Å². The number of nitro groups is 1. The first-order valence-electron chi connectivity index (χ1n) is 12.0. The Labute approximate surface area is 239 Å². The van der Waals surface area contributed by atoms with E-state index >= 15 is 0 Å². The van der Waals surface area contributed by atoms with E-state index in [2.05, 4.69) is 37.0 Å². The monoisotopic (exact) mass is 656 g/mol. The minimum Gasteiger partial charge on any atom is -0.481 e. The molecule has 12 heteroatoms. The van der Waals surface area contributed by atoms with Crippen LogP contribution >= 0.6 is 31.9 Å². The highest BCUT2D eigenvalue weighted by Gasteiger charge is 2.22. The number of nitro benzene ring substituents is 1. The first-order chi connectivity index (χ1) is 18.7. The summed E-state index contributed by atoms with van der Waals surface area (Å²) in [6.07, 6.45) is 2.11. The van der Waals surface area contributed by atoms with Gasteiger partial charge in [-0.15, -0.1) is 0 Å². The molecule has 0 saturated carbocycles. The van der Waals surface area contributed by atoms with Crippen molar-refractivity contribution in [2.75, 3.05) is 6.79 Å². The summed E-state index contributed by atoms with van der Waals surface area (Å²) in [6, 6.07) is 13.6. The topological polar surface area (TPSA) is 118 Å². The fourth-order valence-electron chi connectivity index (χ4n) is 4.07. The van der Waals surface area contributed by atoms with Gasteiger partial charge in [0, 0.05) is 26.5 Å². The molecular weight excluding hydrogens is 636 g/mol. The number of halogens is 2. The summed E-state index contributed by atoms with van der Waals surface area (Å²) >= 11 is 6.74. The Morgan fingerprint density at radius 1 is 1.15 bits per heavy atom. The molecule has 200 valence electrons. The first kappa shape index (κ1) is 26.8. The molecule has 4 aromatic rings. The zero-order valence-electron chi connectivity index (χ0n) is 20.9. The molecule has 10 nitrogen and oxygen atoms in total. The first-order valence-corrected chi connectivity index (χ1v) is 13.6. The molecule has 0 spiro atoms. The van der Waals surface area contributed by atoms with E-state index in [9.17, 15) is 14.9 Å². The van der Waals surface area contributed by atoms with Crippen molar-refractivity contribution in [2.24, 2.45) is 5.10 Å². The highest BCUT2D eigenvalue weighted by atomic mass is 79.9. The van der Waals surface area contributed by atoms with Crippen molar-refractivity contribution in [1.82, 2.24) is 9.66 Å². The molecule has 0 fully saturated rings. The van der Waals surface area contributed by atoms with Crippen molar-refractivity contribution in [2.45, 2.75) is 32.8 Å². The normalized spacial score (nSPS) is 13.2. The molecule has 0 unspecified atom stereocenters. The van der Waals surface area contributed by atoms with Gasteiger partial charge in [0.1, 0.15) is 12.4 Å². The molecule has 0 amide bonds. The quantitative estimate of drug-likeness (QED) is 0.120. The Morgan fingerprint density at radius 2 is 1.95 bits per heavy atom. The molecule has 1 aliphatic heterocycles. The molecule has 0 bridgehead atoms. The summed E-state index contributed by atoms with van der Waals surface area (Å²) in [5, 5.41) is 16.8. The zero-order chi connectivity index (χ0) is 27.7. The lowest BCUT2D eigenvalue weighted by atomic mass is 10.1. The second-order valence-corrected chi connectivity index (χ2v) is 10.7. The van der Waals surface area contributed by atoms with E-state index < -0.39 is 4.92 Å². The number of hydrogen-bond donors (Lipinski definition) is 0. The second kappa shape index (κ2) is 11.1. The van der Waals surface area contributed by atoms with E-state index in [0.717, 1.165) is 16.5 Å². The molecule has 2 heterocycles. The summed E-state index contributed by atoms with van der Waals surface area (Å²) in [6.45, 7) is 4.12. The van der Waals surface area contributed by atoms with Gasteiger partial charge in [-0.3, -0.25) is 14.9 Å². The maximum atomic E-state index is 13.5. The predicted molar refractivity (Wildman–Crippen MR) is 153 cm³/mol. The van der Waals surface area contributed by atoms with Gasteiger partial charge < -0.3 is 14.2 Å². The van der Waals surface area contributed by atoms with Gasteiger partial charge in [0.2, 0.25) is 12.5 Å². The standard InChI is InChI=1S/C27H22Br2N4O6/c1-3-15(2)26-31-21-6-5-18(28)10-20(21)27(34)32(26)30-12-17-9-19(29)11-22(33(35)36)25(17)37-13-16-4-7-23-24(8-16)39-14-38-23/h4-12,15H,3,13-14H2,1-2H3/t15-/m1/s1. The van der Waals surface area contributed by atoms with Gasteiger partial charge in [-0.2, -0.15) is 9.78 Å². The predicted octanol–water partition coefficient (Wildman–Crippen LogP) is 6.53. The average molecular weight is 658 g/mol. The Morgan fingerprint density at radius 3 is 2.72 bits per heavy atom. The van der Waals surface area contributed by atoms with Gasteiger partial charge >= 0.3 is 5.69 Å². The molecule has 3 aromatic carbocycles. The lowest BCUT2D eigenvalue weighted by Gasteiger charge is -2.14. The van der Waals surface area contributed by atoms with Gasteiger partial charge in [0.05, 0.1) is 22.0 Å². The molecule has 1 aromatic heterocycles. The number of hydrogen-bond acceptors (Lipinski definition) is 8. The van der Waals surface area contributed by atoms with Crippen LogP contribution in [-0.4, -0.2) is 27.6 Å².